The first-order chi connectivity index (χ1) is 8.70. The van der Waals surface area contributed by atoms with E-state index < -0.39 is 0 Å². The zero-order chi connectivity index (χ0) is 13.0. The monoisotopic (exact) mass is 244 g/mol. The summed E-state index contributed by atoms with van der Waals surface area (Å²) in [5, 5.41) is 3.36. The minimum absolute atomic E-state index is 0.0156. The quantitative estimate of drug-likeness (QED) is 0.893. The molecule has 1 N–H and O–H groups in total. The summed E-state index contributed by atoms with van der Waals surface area (Å²) >= 11 is 0. The normalized spacial score (nSPS) is 12.4. The number of hydrogen-bond acceptors (Lipinski definition) is 2. The summed E-state index contributed by atoms with van der Waals surface area (Å²) < 4.78 is 13.3. The zero-order valence-corrected chi connectivity index (χ0v) is 10.7. The second-order valence-electron chi connectivity index (χ2n) is 4.34. The first kappa shape index (κ1) is 12.7. The summed E-state index contributed by atoms with van der Waals surface area (Å²) in [5.74, 6) is -0.212. The second-order valence-corrected chi connectivity index (χ2v) is 4.34. The van der Waals surface area contributed by atoms with Gasteiger partial charge in [0.25, 0.3) is 0 Å². The molecule has 0 amide bonds. The SMILES string of the molecule is CCNC(c1cncc(C)c1)c1cccc(F)c1. The third-order valence-electron chi connectivity index (χ3n) is 2.82. The Kier molecular flexibility index (Phi) is 4.05. The van der Waals surface area contributed by atoms with E-state index in [2.05, 4.69) is 16.4 Å². The fraction of sp³-hybridized carbons (Fsp3) is 0.267. The number of nitrogens with zero attached hydrogens (tertiary/aromatic N) is 1. The van der Waals surface area contributed by atoms with Gasteiger partial charge in [-0.2, -0.15) is 0 Å². The lowest BCUT2D eigenvalue weighted by molar-refractivity contribution is 0.602. The van der Waals surface area contributed by atoms with Gasteiger partial charge in [-0.05, 0) is 42.3 Å². The van der Waals surface area contributed by atoms with Crippen molar-refractivity contribution >= 4 is 0 Å². The van der Waals surface area contributed by atoms with Crippen molar-refractivity contribution in [1.82, 2.24) is 10.3 Å². The third kappa shape index (κ3) is 2.93. The van der Waals surface area contributed by atoms with Gasteiger partial charge in [0.1, 0.15) is 5.82 Å². The minimum Gasteiger partial charge on any atom is -0.306 e. The largest absolute Gasteiger partial charge is 0.306 e. The van der Waals surface area contributed by atoms with Crippen LogP contribution >= 0.6 is 0 Å². The molecule has 0 saturated carbocycles. The molecule has 3 heteroatoms. The maximum Gasteiger partial charge on any atom is 0.123 e. The highest BCUT2D eigenvalue weighted by molar-refractivity contribution is 5.32. The van der Waals surface area contributed by atoms with Crippen LogP contribution in [0.15, 0.2) is 42.7 Å². The molecule has 2 aromatic rings. The molecule has 0 aliphatic carbocycles. The topological polar surface area (TPSA) is 24.9 Å². The number of halogens is 1. The number of hydrogen-bond donors (Lipinski definition) is 1. The number of benzene rings is 1. The number of aryl methyl sites for hydroxylation is 1. The van der Waals surface area contributed by atoms with Crippen molar-refractivity contribution in [3.8, 4) is 0 Å². The summed E-state index contributed by atoms with van der Waals surface area (Å²) in [6.45, 7) is 4.86. The molecular weight excluding hydrogens is 227 g/mol. The average molecular weight is 244 g/mol. The number of aromatic nitrogens is 1. The van der Waals surface area contributed by atoms with E-state index in [1.54, 1.807) is 12.1 Å². The van der Waals surface area contributed by atoms with E-state index in [-0.39, 0.29) is 11.9 Å². The van der Waals surface area contributed by atoms with Crippen molar-refractivity contribution in [2.75, 3.05) is 6.54 Å². The first-order valence-electron chi connectivity index (χ1n) is 6.11. The van der Waals surface area contributed by atoms with Gasteiger partial charge >= 0.3 is 0 Å². The van der Waals surface area contributed by atoms with E-state index in [1.807, 2.05) is 32.3 Å². The minimum atomic E-state index is -0.212. The van der Waals surface area contributed by atoms with Gasteiger partial charge < -0.3 is 5.32 Å². The molecule has 0 fully saturated rings. The lowest BCUT2D eigenvalue weighted by Crippen LogP contribution is -2.22. The van der Waals surface area contributed by atoms with Crippen molar-refractivity contribution in [3.63, 3.8) is 0 Å². The summed E-state index contributed by atoms with van der Waals surface area (Å²) in [4.78, 5) is 4.20. The van der Waals surface area contributed by atoms with Crippen LogP contribution in [0.4, 0.5) is 4.39 Å². The Balaban J connectivity index is 2.39. The van der Waals surface area contributed by atoms with E-state index in [0.29, 0.717) is 0 Å². The van der Waals surface area contributed by atoms with Crippen LogP contribution in [-0.2, 0) is 0 Å². The van der Waals surface area contributed by atoms with Gasteiger partial charge in [0.15, 0.2) is 0 Å². The third-order valence-corrected chi connectivity index (χ3v) is 2.82. The molecule has 1 unspecified atom stereocenters. The van der Waals surface area contributed by atoms with Crippen LogP contribution in [0.1, 0.15) is 29.7 Å². The number of rotatable bonds is 4. The first-order valence-corrected chi connectivity index (χ1v) is 6.11. The van der Waals surface area contributed by atoms with Crippen LogP contribution < -0.4 is 5.32 Å². The summed E-state index contributed by atoms with van der Waals surface area (Å²) in [6, 6.07) is 8.75. The molecule has 0 bridgehead atoms. The van der Waals surface area contributed by atoms with E-state index in [9.17, 15) is 4.39 Å². The lowest BCUT2D eigenvalue weighted by atomic mass is 9.99. The fourth-order valence-electron chi connectivity index (χ4n) is 2.05. The molecule has 1 atom stereocenters. The van der Waals surface area contributed by atoms with E-state index in [4.69, 9.17) is 0 Å². The Hall–Kier alpha value is -1.74. The Labute approximate surface area is 107 Å². The molecule has 1 aromatic heterocycles. The van der Waals surface area contributed by atoms with Crippen LogP contribution in [0.5, 0.6) is 0 Å². The second kappa shape index (κ2) is 5.74. The van der Waals surface area contributed by atoms with E-state index in [1.165, 1.54) is 6.07 Å². The Bertz CT molecular complexity index is 480. The fourth-order valence-corrected chi connectivity index (χ4v) is 2.05. The molecule has 0 radical (unpaired) electrons. The number of nitrogens with one attached hydrogen (secondary N) is 1. The lowest BCUT2D eigenvalue weighted by Gasteiger charge is -2.19. The van der Waals surface area contributed by atoms with Crippen LogP contribution in [0.2, 0.25) is 0 Å². The van der Waals surface area contributed by atoms with Gasteiger partial charge in [0.2, 0.25) is 0 Å². The van der Waals surface area contributed by atoms with Crippen LogP contribution in [0.3, 0.4) is 0 Å². The van der Waals surface area contributed by atoms with Gasteiger partial charge in [0.05, 0.1) is 6.04 Å². The van der Waals surface area contributed by atoms with Crippen LogP contribution in [-0.4, -0.2) is 11.5 Å². The average Bonchev–Trinajstić information content (AvgIpc) is 2.36. The molecule has 1 heterocycles. The summed E-state index contributed by atoms with van der Waals surface area (Å²) in [7, 11) is 0. The van der Waals surface area contributed by atoms with Crippen molar-refractivity contribution < 1.29 is 4.39 Å². The maximum atomic E-state index is 13.3. The van der Waals surface area contributed by atoms with Gasteiger partial charge in [0, 0.05) is 12.4 Å². The molecule has 0 aliphatic rings. The highest BCUT2D eigenvalue weighted by Crippen LogP contribution is 2.22. The molecule has 1 aromatic carbocycles. The highest BCUT2D eigenvalue weighted by atomic mass is 19.1. The highest BCUT2D eigenvalue weighted by Gasteiger charge is 2.13. The molecule has 0 saturated heterocycles. The van der Waals surface area contributed by atoms with Crippen LogP contribution in [0, 0.1) is 12.7 Å². The Morgan fingerprint density at radius 3 is 2.72 bits per heavy atom. The van der Waals surface area contributed by atoms with Crippen molar-refractivity contribution in [2.45, 2.75) is 19.9 Å². The smallest absolute Gasteiger partial charge is 0.123 e. The standard InChI is InChI=1S/C15H17FN2/c1-3-18-15(12-5-4-6-14(16)8-12)13-7-11(2)9-17-10-13/h4-10,15,18H,3H2,1-2H3. The predicted molar refractivity (Wildman–Crippen MR) is 70.9 cm³/mol. The van der Waals surface area contributed by atoms with Crippen molar-refractivity contribution in [3.05, 3.63) is 65.2 Å². The van der Waals surface area contributed by atoms with Crippen molar-refractivity contribution in [2.24, 2.45) is 0 Å². The molecule has 0 spiro atoms. The van der Waals surface area contributed by atoms with Crippen LogP contribution in [0.25, 0.3) is 0 Å². The molecule has 18 heavy (non-hydrogen) atoms. The van der Waals surface area contributed by atoms with E-state index in [0.717, 1.165) is 23.2 Å². The van der Waals surface area contributed by atoms with Gasteiger partial charge in [-0.25, -0.2) is 4.39 Å². The predicted octanol–water partition coefficient (Wildman–Crippen LogP) is 3.23. The molecular formula is C15H17FN2. The Morgan fingerprint density at radius 1 is 1.22 bits per heavy atom. The molecule has 0 aliphatic heterocycles. The summed E-state index contributed by atoms with van der Waals surface area (Å²) in [5.41, 5.74) is 3.08. The summed E-state index contributed by atoms with van der Waals surface area (Å²) in [6.07, 6.45) is 3.64. The molecule has 2 nitrogen and oxygen atoms in total. The Morgan fingerprint density at radius 2 is 2.06 bits per heavy atom. The zero-order valence-electron chi connectivity index (χ0n) is 10.7. The van der Waals surface area contributed by atoms with E-state index >= 15 is 0 Å². The molecule has 94 valence electrons. The maximum absolute atomic E-state index is 13.3. The molecule has 2 rings (SSSR count). The van der Waals surface area contributed by atoms with Gasteiger partial charge in [-0.15, -0.1) is 0 Å². The van der Waals surface area contributed by atoms with Crippen molar-refractivity contribution in [1.29, 1.82) is 0 Å². The van der Waals surface area contributed by atoms with Gasteiger partial charge in [-0.3, -0.25) is 4.98 Å². The number of pyridine rings is 1. The van der Waals surface area contributed by atoms with Gasteiger partial charge in [-0.1, -0.05) is 25.1 Å².